The number of hydrazine groups is 1. The van der Waals surface area contributed by atoms with Gasteiger partial charge < -0.3 is 14.2 Å². The molecule has 9 nitrogen and oxygen atoms in total. The number of carbonyl (C=O) groups excluding carboxylic acids is 1. The molecule has 0 radical (unpaired) electrons. The van der Waals surface area contributed by atoms with Crippen molar-refractivity contribution < 1.29 is 26.3 Å². The van der Waals surface area contributed by atoms with Crippen LogP contribution in [0.1, 0.15) is 23.1 Å². The van der Waals surface area contributed by atoms with Gasteiger partial charge in [0.25, 0.3) is 0 Å². The quantitative estimate of drug-likeness (QED) is 0.351. The van der Waals surface area contributed by atoms with Crippen LogP contribution < -0.4 is 25.1 Å². The molecule has 0 spiro atoms. The van der Waals surface area contributed by atoms with E-state index in [4.69, 9.17) is 8.92 Å². The lowest BCUT2D eigenvalue weighted by atomic mass is 10.1. The fraction of sp³-hybridized carbons (Fsp3) is 0.381. The van der Waals surface area contributed by atoms with Crippen LogP contribution in [0.3, 0.4) is 0 Å². The molecule has 0 aromatic heterocycles. The highest BCUT2D eigenvalue weighted by atomic mass is 32.2. The molecule has 2 amide bonds. The Hall–Kier alpha value is -2.79. The number of sulfone groups is 1. The summed E-state index contributed by atoms with van der Waals surface area (Å²) in [5.41, 5.74) is 8.00. The van der Waals surface area contributed by atoms with E-state index >= 15 is 0 Å². The van der Waals surface area contributed by atoms with E-state index in [2.05, 4.69) is 22.2 Å². The Morgan fingerprint density at radius 3 is 2.31 bits per heavy atom. The van der Waals surface area contributed by atoms with Crippen LogP contribution in [0.15, 0.2) is 35.2 Å². The molecule has 176 valence electrons. The number of nitrogens with one attached hydrogen (secondary N) is 3. The normalized spacial score (nSPS) is 12.0. The predicted octanol–water partition coefficient (Wildman–Crippen LogP) is 2.78. The Bertz CT molecular complexity index is 1080. The Morgan fingerprint density at radius 1 is 1.06 bits per heavy atom. The van der Waals surface area contributed by atoms with Crippen LogP contribution in [0.4, 0.5) is 10.5 Å². The lowest BCUT2D eigenvalue weighted by Crippen LogP contribution is -2.40. The Labute approximate surface area is 191 Å². The van der Waals surface area contributed by atoms with Crippen LogP contribution >= 0.6 is 0 Å². The zero-order valence-electron chi connectivity index (χ0n) is 18.8. The molecule has 0 aliphatic rings. The van der Waals surface area contributed by atoms with E-state index in [1.54, 1.807) is 6.92 Å². The predicted molar refractivity (Wildman–Crippen MR) is 125 cm³/mol. The fourth-order valence-corrected chi connectivity index (χ4v) is 4.20. The maximum Gasteiger partial charge on any atom is 0.333 e. The van der Waals surface area contributed by atoms with Crippen LogP contribution in [-0.4, -0.2) is 44.3 Å². The van der Waals surface area contributed by atoms with E-state index in [9.17, 15) is 17.4 Å². The second kappa shape index (κ2) is 11.2. The molecule has 2 rings (SSSR count). The number of hydrogen-bond acceptors (Lipinski definition) is 7. The second-order valence-electron chi connectivity index (χ2n) is 7.40. The van der Waals surface area contributed by atoms with E-state index in [1.165, 1.54) is 18.4 Å². The SMILES string of the molecule is Cc1cc(C)cc(OCCCNC(=O)NNc2cc(C)c(OS(C)=O)cc2S(C)(=O)=O)c1. The van der Waals surface area contributed by atoms with Crippen molar-refractivity contribution in [3.8, 4) is 11.5 Å². The summed E-state index contributed by atoms with van der Waals surface area (Å²) in [5.74, 6) is 0.974. The van der Waals surface area contributed by atoms with Gasteiger partial charge in [-0.05, 0) is 62.1 Å². The van der Waals surface area contributed by atoms with Crippen LogP contribution in [0, 0.1) is 20.8 Å². The minimum atomic E-state index is -3.64. The minimum Gasteiger partial charge on any atom is -0.494 e. The third-order valence-corrected chi connectivity index (χ3v) is 5.82. The first-order valence-electron chi connectivity index (χ1n) is 9.83. The molecule has 2 aromatic rings. The van der Waals surface area contributed by atoms with Crippen LogP contribution in [0.5, 0.6) is 11.5 Å². The molecule has 0 saturated heterocycles. The van der Waals surface area contributed by atoms with Gasteiger partial charge in [-0.2, -0.15) is 0 Å². The molecular formula is C21H29N3O6S2. The maximum absolute atomic E-state index is 12.1. The van der Waals surface area contributed by atoms with Gasteiger partial charge in [0.1, 0.15) is 11.5 Å². The molecule has 1 atom stereocenters. The Kier molecular flexibility index (Phi) is 8.90. The number of urea groups is 1. The molecule has 0 saturated carbocycles. The number of rotatable bonds is 10. The number of anilines is 1. The van der Waals surface area contributed by atoms with Crippen molar-refractivity contribution in [3.63, 3.8) is 0 Å². The highest BCUT2D eigenvalue weighted by molar-refractivity contribution is 7.90. The molecule has 0 aliphatic heterocycles. The average Bonchev–Trinajstić information content (AvgIpc) is 2.65. The molecule has 0 bridgehead atoms. The number of carbonyl (C=O) groups is 1. The summed E-state index contributed by atoms with van der Waals surface area (Å²) in [7, 11) is -3.64. The molecule has 32 heavy (non-hydrogen) atoms. The summed E-state index contributed by atoms with van der Waals surface area (Å²) in [6.07, 6.45) is 2.96. The van der Waals surface area contributed by atoms with Crippen molar-refractivity contribution in [2.75, 3.05) is 31.1 Å². The minimum absolute atomic E-state index is 0.0919. The smallest absolute Gasteiger partial charge is 0.333 e. The van der Waals surface area contributed by atoms with E-state index in [0.29, 0.717) is 25.1 Å². The molecule has 2 aromatic carbocycles. The van der Waals surface area contributed by atoms with Gasteiger partial charge in [-0.15, -0.1) is 0 Å². The highest BCUT2D eigenvalue weighted by Crippen LogP contribution is 2.30. The largest absolute Gasteiger partial charge is 0.494 e. The highest BCUT2D eigenvalue weighted by Gasteiger charge is 2.18. The van der Waals surface area contributed by atoms with Gasteiger partial charge in [0, 0.05) is 25.1 Å². The second-order valence-corrected chi connectivity index (χ2v) is 10.4. The van der Waals surface area contributed by atoms with Crippen molar-refractivity contribution >= 4 is 32.6 Å². The van der Waals surface area contributed by atoms with Crippen molar-refractivity contribution in [2.24, 2.45) is 0 Å². The summed E-state index contributed by atoms with van der Waals surface area (Å²) in [6, 6.07) is 8.21. The first-order valence-corrected chi connectivity index (χ1v) is 13.2. The zero-order valence-corrected chi connectivity index (χ0v) is 20.4. The number of benzene rings is 2. The van der Waals surface area contributed by atoms with Crippen LogP contribution in [0.2, 0.25) is 0 Å². The van der Waals surface area contributed by atoms with Crippen molar-refractivity contribution in [3.05, 3.63) is 47.0 Å². The van der Waals surface area contributed by atoms with Crippen LogP contribution in [0.25, 0.3) is 0 Å². The lowest BCUT2D eigenvalue weighted by Gasteiger charge is -2.15. The van der Waals surface area contributed by atoms with Gasteiger partial charge in [0.05, 0.1) is 17.2 Å². The van der Waals surface area contributed by atoms with Gasteiger partial charge in [0.15, 0.2) is 9.84 Å². The number of amides is 2. The summed E-state index contributed by atoms with van der Waals surface area (Å²) >= 11 is -1.61. The van der Waals surface area contributed by atoms with Gasteiger partial charge in [-0.1, -0.05) is 6.07 Å². The zero-order chi connectivity index (χ0) is 23.9. The monoisotopic (exact) mass is 483 g/mol. The Morgan fingerprint density at radius 2 is 1.72 bits per heavy atom. The molecular weight excluding hydrogens is 454 g/mol. The van der Waals surface area contributed by atoms with Gasteiger partial charge in [-0.25, -0.2) is 17.4 Å². The summed E-state index contributed by atoms with van der Waals surface area (Å²) in [4.78, 5) is 12.0. The fourth-order valence-electron chi connectivity index (χ4n) is 2.94. The summed E-state index contributed by atoms with van der Waals surface area (Å²) in [6.45, 7) is 6.48. The molecule has 0 heterocycles. The number of ether oxygens (including phenoxy) is 1. The molecule has 0 aliphatic carbocycles. The first-order chi connectivity index (χ1) is 15.0. The first kappa shape index (κ1) is 25.5. The van der Waals surface area contributed by atoms with Gasteiger partial charge in [-0.3, -0.25) is 10.9 Å². The van der Waals surface area contributed by atoms with Crippen molar-refractivity contribution in [1.82, 2.24) is 10.7 Å². The third kappa shape index (κ3) is 8.04. The van der Waals surface area contributed by atoms with E-state index in [1.807, 2.05) is 26.0 Å². The van der Waals surface area contributed by atoms with Crippen molar-refractivity contribution in [1.29, 1.82) is 0 Å². The number of aryl methyl sites for hydroxylation is 3. The third-order valence-electron chi connectivity index (χ3n) is 4.27. The van der Waals surface area contributed by atoms with E-state index < -0.39 is 26.9 Å². The lowest BCUT2D eigenvalue weighted by molar-refractivity contribution is 0.241. The molecule has 3 N–H and O–H groups in total. The average molecular weight is 484 g/mol. The Balaban J connectivity index is 1.87. The molecule has 0 fully saturated rings. The number of hydrogen-bond donors (Lipinski definition) is 3. The van der Waals surface area contributed by atoms with Crippen LogP contribution in [-0.2, 0) is 20.9 Å². The molecule has 11 heteroatoms. The van der Waals surface area contributed by atoms with E-state index in [0.717, 1.165) is 23.1 Å². The summed E-state index contributed by atoms with van der Waals surface area (Å²) < 4.78 is 46.5. The standard InChI is InChI=1S/C21H29N3O6S2/c1-14-9-15(2)11-17(10-14)29-8-6-7-22-21(25)24-23-18-12-16(3)19(30-31(4)26)13-20(18)32(5,27)28/h9-13,23H,6-8H2,1-5H3,(H2,22,24,25). The topological polar surface area (TPSA) is 123 Å². The van der Waals surface area contributed by atoms with E-state index in [-0.39, 0.29) is 16.3 Å². The summed E-state index contributed by atoms with van der Waals surface area (Å²) in [5, 5.41) is 2.67. The van der Waals surface area contributed by atoms with Gasteiger partial charge >= 0.3 is 6.03 Å². The molecule has 1 unspecified atom stereocenters. The van der Waals surface area contributed by atoms with Crippen molar-refractivity contribution in [2.45, 2.75) is 32.1 Å². The maximum atomic E-state index is 12.1. The van der Waals surface area contributed by atoms with Gasteiger partial charge in [0.2, 0.25) is 11.1 Å².